The van der Waals surface area contributed by atoms with Crippen molar-refractivity contribution in [2.24, 2.45) is 0 Å². The summed E-state index contributed by atoms with van der Waals surface area (Å²) in [5, 5.41) is 3.86. The molecule has 0 saturated carbocycles. The van der Waals surface area contributed by atoms with Crippen LogP contribution in [0.4, 0.5) is 0 Å². The fourth-order valence-corrected chi connectivity index (χ4v) is 0.954. The van der Waals surface area contributed by atoms with Crippen molar-refractivity contribution in [2.45, 2.75) is 6.42 Å². The first-order valence-corrected chi connectivity index (χ1v) is 2.84. The molecule has 0 aliphatic carbocycles. The third-order valence-electron chi connectivity index (χ3n) is 1.68. The van der Waals surface area contributed by atoms with Gasteiger partial charge in [-0.15, -0.1) is 0 Å². The van der Waals surface area contributed by atoms with Crippen molar-refractivity contribution < 1.29 is 5.01 Å². The van der Waals surface area contributed by atoms with Gasteiger partial charge >= 0.3 is 0 Å². The molecule has 1 aliphatic heterocycles. The van der Waals surface area contributed by atoms with E-state index in [1.54, 1.807) is 5.01 Å². The van der Waals surface area contributed by atoms with Crippen LogP contribution in [0.5, 0.6) is 0 Å². The Morgan fingerprint density at radius 3 is 2.43 bits per heavy atom. The Morgan fingerprint density at radius 1 is 1.57 bits per heavy atom. The van der Waals surface area contributed by atoms with Crippen LogP contribution in [0.2, 0.25) is 0 Å². The maximum absolute atomic E-state index is 2.32. The van der Waals surface area contributed by atoms with Crippen molar-refractivity contribution in [3.8, 4) is 0 Å². The van der Waals surface area contributed by atoms with Gasteiger partial charge in [0.1, 0.15) is 0 Å². The number of nitrogens with zero attached hydrogens (tertiary/aromatic N) is 1. The van der Waals surface area contributed by atoms with Crippen LogP contribution in [-0.4, -0.2) is 32.2 Å². The summed E-state index contributed by atoms with van der Waals surface area (Å²) in [5.74, 6) is 0. The molecule has 1 fully saturated rings. The van der Waals surface area contributed by atoms with Crippen molar-refractivity contribution in [3.05, 3.63) is 0 Å². The smallest absolute Gasteiger partial charge is 0.0960 e. The maximum atomic E-state index is 2.32. The summed E-state index contributed by atoms with van der Waals surface area (Å²) in [4.78, 5) is 0. The van der Waals surface area contributed by atoms with E-state index in [0.717, 1.165) is 0 Å². The highest BCUT2D eigenvalue weighted by Gasteiger charge is 2.15. The van der Waals surface area contributed by atoms with E-state index in [9.17, 15) is 0 Å². The van der Waals surface area contributed by atoms with Crippen LogP contribution in [-0.2, 0) is 0 Å². The van der Waals surface area contributed by atoms with Crippen molar-refractivity contribution in [3.63, 3.8) is 0 Å². The first-order chi connectivity index (χ1) is 3.30. The van der Waals surface area contributed by atoms with Gasteiger partial charge in [0.25, 0.3) is 0 Å². The van der Waals surface area contributed by atoms with Crippen molar-refractivity contribution in [2.75, 3.05) is 27.2 Å². The number of rotatable bonds is 0. The summed E-state index contributed by atoms with van der Waals surface area (Å²) < 4.78 is 0. The molecule has 1 unspecified atom stereocenters. The molecule has 0 aromatic carbocycles. The van der Waals surface area contributed by atoms with E-state index in [4.69, 9.17) is 0 Å². The molecule has 1 heterocycles. The molecule has 1 N–H and O–H groups in total. The minimum atomic E-state index is 1.27. The summed E-state index contributed by atoms with van der Waals surface area (Å²) in [6.07, 6.45) is 1.36. The lowest BCUT2D eigenvalue weighted by Crippen LogP contribution is -3.12. The largest absolute Gasteiger partial charge is 0.257 e. The number of quaternary nitrogens is 1. The second-order valence-electron chi connectivity index (χ2n) is 2.26. The molecule has 1 saturated heterocycles. The molecule has 0 spiro atoms. The molecule has 7 heavy (non-hydrogen) atoms. The molecule has 0 radical (unpaired) electrons. The van der Waals surface area contributed by atoms with Crippen LogP contribution in [0.3, 0.4) is 0 Å². The van der Waals surface area contributed by atoms with Gasteiger partial charge in [-0.2, -0.15) is 5.01 Å². The highest BCUT2D eigenvalue weighted by Crippen LogP contribution is 1.81. The molecule has 0 aromatic heterocycles. The fourth-order valence-electron chi connectivity index (χ4n) is 0.954. The third-order valence-corrected chi connectivity index (χ3v) is 1.68. The van der Waals surface area contributed by atoms with Gasteiger partial charge < -0.3 is 0 Å². The van der Waals surface area contributed by atoms with E-state index >= 15 is 0 Å². The molecule has 0 amide bonds. The summed E-state index contributed by atoms with van der Waals surface area (Å²) in [7, 11) is 4.36. The van der Waals surface area contributed by atoms with Crippen molar-refractivity contribution in [1.82, 2.24) is 5.01 Å². The Bertz CT molecular complexity index is 55.1. The molecule has 1 atom stereocenters. The lowest BCUT2D eigenvalue weighted by atomic mass is 10.5. The van der Waals surface area contributed by atoms with Gasteiger partial charge in [0.2, 0.25) is 0 Å². The van der Waals surface area contributed by atoms with E-state index in [-0.39, 0.29) is 0 Å². The summed E-state index contributed by atoms with van der Waals surface area (Å²) in [6, 6.07) is 0. The summed E-state index contributed by atoms with van der Waals surface area (Å²) >= 11 is 0. The minimum Gasteiger partial charge on any atom is -0.257 e. The maximum Gasteiger partial charge on any atom is 0.0960 e. The van der Waals surface area contributed by atoms with Gasteiger partial charge in [0.05, 0.1) is 20.1 Å². The van der Waals surface area contributed by atoms with E-state index < -0.39 is 0 Å². The van der Waals surface area contributed by atoms with Crippen molar-refractivity contribution in [1.29, 1.82) is 0 Å². The number of nitrogens with one attached hydrogen (secondary N) is 1. The average molecular weight is 101 g/mol. The van der Waals surface area contributed by atoms with E-state index in [0.29, 0.717) is 0 Å². The molecule has 2 nitrogen and oxygen atoms in total. The Morgan fingerprint density at radius 2 is 2.29 bits per heavy atom. The van der Waals surface area contributed by atoms with E-state index in [2.05, 4.69) is 19.1 Å². The zero-order valence-electron chi connectivity index (χ0n) is 5.07. The molecular weight excluding hydrogens is 88.1 g/mol. The predicted molar refractivity (Wildman–Crippen MR) is 29.0 cm³/mol. The first-order valence-electron chi connectivity index (χ1n) is 2.84. The SMILES string of the molecule is CN1CCC[NH+]1C. The highest BCUT2D eigenvalue weighted by atomic mass is 15.6. The van der Waals surface area contributed by atoms with E-state index in [1.807, 2.05) is 0 Å². The molecule has 0 aromatic rings. The Kier molecular flexibility index (Phi) is 1.30. The lowest BCUT2D eigenvalue weighted by Gasteiger charge is -2.12. The zero-order valence-corrected chi connectivity index (χ0v) is 5.07. The average Bonchev–Trinajstić information content (AvgIpc) is 1.91. The van der Waals surface area contributed by atoms with Crippen molar-refractivity contribution >= 4 is 0 Å². The van der Waals surface area contributed by atoms with Gasteiger partial charge in [0.15, 0.2) is 0 Å². The lowest BCUT2D eigenvalue weighted by molar-refractivity contribution is -0.980. The molecule has 2 heteroatoms. The van der Waals surface area contributed by atoms with Crippen LogP contribution in [0.15, 0.2) is 0 Å². The quantitative estimate of drug-likeness (QED) is 0.401. The van der Waals surface area contributed by atoms with Crippen LogP contribution in [0, 0.1) is 0 Å². The monoisotopic (exact) mass is 101 g/mol. The van der Waals surface area contributed by atoms with Gasteiger partial charge in [-0.3, -0.25) is 5.01 Å². The Balaban J connectivity index is 2.33. The first kappa shape index (κ1) is 5.06. The third kappa shape index (κ3) is 0.924. The van der Waals surface area contributed by atoms with Gasteiger partial charge in [-0.25, -0.2) is 0 Å². The molecule has 0 bridgehead atoms. The van der Waals surface area contributed by atoms with Gasteiger partial charge in [-0.1, -0.05) is 0 Å². The van der Waals surface area contributed by atoms with Gasteiger partial charge in [-0.05, 0) is 0 Å². The standard InChI is InChI=1S/C5H12N2/c1-6-4-3-5-7(6)2/h3-5H2,1-2H3/p+1. The minimum absolute atomic E-state index is 1.27. The Labute approximate surface area is 44.7 Å². The molecule has 42 valence electrons. The summed E-state index contributed by atoms with van der Waals surface area (Å²) in [6.45, 7) is 2.59. The molecule has 1 aliphatic rings. The second-order valence-corrected chi connectivity index (χ2v) is 2.26. The van der Waals surface area contributed by atoms with E-state index in [1.165, 1.54) is 19.5 Å². The molecule has 1 rings (SSSR count). The fraction of sp³-hybridized carbons (Fsp3) is 1.00. The van der Waals surface area contributed by atoms with Gasteiger partial charge in [0, 0.05) is 13.5 Å². The number of hydrogen-bond acceptors (Lipinski definition) is 1. The predicted octanol–water partition coefficient (Wildman–Crippen LogP) is -1.25. The van der Waals surface area contributed by atoms with Crippen LogP contribution < -0.4 is 5.01 Å². The number of hydrogen-bond donors (Lipinski definition) is 1. The topological polar surface area (TPSA) is 7.68 Å². The normalized spacial score (nSPS) is 34.3. The van der Waals surface area contributed by atoms with Crippen LogP contribution in [0.1, 0.15) is 6.42 Å². The summed E-state index contributed by atoms with van der Waals surface area (Å²) in [5.41, 5.74) is 0. The molecular formula is C5H13N2+. The Hall–Kier alpha value is -0.0800. The zero-order chi connectivity index (χ0) is 5.28. The second kappa shape index (κ2) is 1.80. The van der Waals surface area contributed by atoms with Crippen LogP contribution >= 0.6 is 0 Å². The highest BCUT2D eigenvalue weighted by molar-refractivity contribution is 4.42. The van der Waals surface area contributed by atoms with Crippen LogP contribution in [0.25, 0.3) is 0 Å².